The van der Waals surface area contributed by atoms with Crippen molar-refractivity contribution in [3.63, 3.8) is 0 Å². The van der Waals surface area contributed by atoms with Crippen molar-refractivity contribution >= 4 is 29.3 Å². The fourth-order valence-electron chi connectivity index (χ4n) is 3.66. The first-order chi connectivity index (χ1) is 18.3. The van der Waals surface area contributed by atoms with Gasteiger partial charge < -0.3 is 20.7 Å². The number of carbonyl (C=O) groups is 3. The number of hydrogen-bond donors (Lipinski definition) is 3. The third-order valence-corrected chi connectivity index (χ3v) is 5.60. The van der Waals surface area contributed by atoms with Gasteiger partial charge in [-0.25, -0.2) is 8.78 Å². The minimum Gasteiger partial charge on any atom is -0.457 e. The third-order valence-electron chi connectivity index (χ3n) is 5.35. The summed E-state index contributed by atoms with van der Waals surface area (Å²) >= 11 is 5.93. The molecule has 0 aliphatic rings. The van der Waals surface area contributed by atoms with Crippen molar-refractivity contribution in [2.24, 2.45) is 0 Å². The highest BCUT2D eigenvalue weighted by Crippen LogP contribution is 2.26. The van der Waals surface area contributed by atoms with Gasteiger partial charge in [-0.15, -0.1) is 0 Å². The van der Waals surface area contributed by atoms with E-state index in [1.165, 1.54) is 6.92 Å². The molecule has 7 nitrogen and oxygen atoms in total. The smallest absolute Gasteiger partial charge is 0.247 e. The molecular weight excluding hydrogens is 528 g/mol. The summed E-state index contributed by atoms with van der Waals surface area (Å²) in [5, 5.41) is 8.59. The predicted octanol–water partition coefficient (Wildman–Crippen LogP) is 5.23. The Bertz CT molecular complexity index is 1320. The molecule has 0 saturated carbocycles. The molecule has 10 heteroatoms. The minimum atomic E-state index is -1.11. The monoisotopic (exact) mass is 557 g/mol. The zero-order chi connectivity index (χ0) is 28.7. The normalized spacial score (nSPS) is 12.7. The van der Waals surface area contributed by atoms with Crippen LogP contribution in [0, 0.1) is 11.6 Å². The van der Waals surface area contributed by atoms with Gasteiger partial charge in [0.2, 0.25) is 17.7 Å². The molecule has 3 aromatic rings. The number of carbonyl (C=O) groups excluding carboxylic acids is 3. The first kappa shape index (κ1) is 29.6. The van der Waals surface area contributed by atoms with E-state index < -0.39 is 47.0 Å². The van der Waals surface area contributed by atoms with Crippen LogP contribution in [0.2, 0.25) is 5.02 Å². The second-order valence-electron chi connectivity index (χ2n) is 10.1. The Morgan fingerprint density at radius 1 is 0.872 bits per heavy atom. The standard InChI is InChI=1S/C29H30ClF2N3O4/c1-17(33-25(36)14-18-12-21(31)16-22(32)13-18)27(37)34-26(28(38)35-29(2,3)4)19-6-5-7-24(15-19)39-23-10-8-20(30)9-11-23/h5-13,15-17,26H,14H2,1-4H3,(H,33,36)(H,34,37)(H,35,38)/t17-,26?/m0/s1. The minimum absolute atomic E-state index is 0.123. The van der Waals surface area contributed by atoms with E-state index in [1.807, 2.05) is 20.8 Å². The molecule has 0 spiro atoms. The molecule has 3 aromatic carbocycles. The summed E-state index contributed by atoms with van der Waals surface area (Å²) in [5.41, 5.74) is -0.0137. The van der Waals surface area contributed by atoms with E-state index >= 15 is 0 Å². The number of halogens is 3. The van der Waals surface area contributed by atoms with Gasteiger partial charge >= 0.3 is 0 Å². The molecule has 206 valence electrons. The van der Waals surface area contributed by atoms with Gasteiger partial charge in [0.15, 0.2) is 0 Å². The molecule has 0 fully saturated rings. The lowest BCUT2D eigenvalue weighted by Crippen LogP contribution is -2.51. The van der Waals surface area contributed by atoms with Crippen molar-refractivity contribution in [1.82, 2.24) is 16.0 Å². The Kier molecular flexibility index (Phi) is 9.64. The zero-order valence-corrected chi connectivity index (χ0v) is 22.7. The molecule has 0 saturated heterocycles. The summed E-state index contributed by atoms with van der Waals surface area (Å²) in [6, 6.07) is 14.1. The van der Waals surface area contributed by atoms with Crippen molar-refractivity contribution in [3.8, 4) is 11.5 Å². The van der Waals surface area contributed by atoms with Crippen LogP contribution in [-0.4, -0.2) is 29.3 Å². The molecule has 0 aromatic heterocycles. The van der Waals surface area contributed by atoms with Crippen molar-refractivity contribution in [1.29, 1.82) is 0 Å². The molecule has 0 aliphatic carbocycles. The van der Waals surface area contributed by atoms with Crippen LogP contribution in [0.4, 0.5) is 8.78 Å². The van der Waals surface area contributed by atoms with Gasteiger partial charge in [-0.2, -0.15) is 0 Å². The first-order valence-corrected chi connectivity index (χ1v) is 12.6. The topological polar surface area (TPSA) is 96.5 Å². The van der Waals surface area contributed by atoms with E-state index in [-0.39, 0.29) is 12.0 Å². The van der Waals surface area contributed by atoms with Crippen LogP contribution in [0.3, 0.4) is 0 Å². The Morgan fingerprint density at radius 3 is 2.13 bits per heavy atom. The molecule has 1 unspecified atom stereocenters. The van der Waals surface area contributed by atoms with Gasteiger partial charge in [0.1, 0.15) is 35.2 Å². The van der Waals surface area contributed by atoms with Crippen LogP contribution in [0.1, 0.15) is 44.9 Å². The largest absolute Gasteiger partial charge is 0.457 e. The van der Waals surface area contributed by atoms with Gasteiger partial charge in [0.05, 0.1) is 6.42 Å². The molecule has 0 radical (unpaired) electrons. The molecule has 0 heterocycles. The second kappa shape index (κ2) is 12.7. The van der Waals surface area contributed by atoms with Crippen LogP contribution in [0.25, 0.3) is 0 Å². The molecule has 3 N–H and O–H groups in total. The van der Waals surface area contributed by atoms with E-state index in [0.29, 0.717) is 28.2 Å². The summed E-state index contributed by atoms with van der Waals surface area (Å²) in [4.78, 5) is 38.7. The first-order valence-electron chi connectivity index (χ1n) is 12.2. The quantitative estimate of drug-likeness (QED) is 0.336. The maximum absolute atomic E-state index is 13.4. The summed E-state index contributed by atoms with van der Waals surface area (Å²) in [6.07, 6.45) is -0.329. The van der Waals surface area contributed by atoms with Crippen LogP contribution >= 0.6 is 11.6 Å². The molecule has 3 amide bonds. The summed E-state index contributed by atoms with van der Waals surface area (Å²) in [6.45, 7) is 6.87. The number of rotatable bonds is 9. The highest BCUT2D eigenvalue weighted by Gasteiger charge is 2.28. The average molecular weight is 558 g/mol. The number of benzene rings is 3. The van der Waals surface area contributed by atoms with E-state index in [4.69, 9.17) is 16.3 Å². The Labute approximate surface area is 230 Å². The highest BCUT2D eigenvalue weighted by molar-refractivity contribution is 6.30. The molecule has 0 aliphatic heterocycles. The van der Waals surface area contributed by atoms with E-state index in [9.17, 15) is 23.2 Å². The van der Waals surface area contributed by atoms with Crippen LogP contribution in [0.15, 0.2) is 66.7 Å². The number of amides is 3. The van der Waals surface area contributed by atoms with Crippen LogP contribution in [0.5, 0.6) is 11.5 Å². The van der Waals surface area contributed by atoms with Crippen molar-refractivity contribution in [3.05, 3.63) is 94.5 Å². The van der Waals surface area contributed by atoms with Crippen molar-refractivity contribution < 1.29 is 27.9 Å². The Morgan fingerprint density at radius 2 is 1.51 bits per heavy atom. The Balaban J connectivity index is 1.75. The van der Waals surface area contributed by atoms with E-state index in [1.54, 1.807) is 48.5 Å². The lowest BCUT2D eigenvalue weighted by atomic mass is 10.0. The predicted molar refractivity (Wildman–Crippen MR) is 144 cm³/mol. The molecular formula is C29H30ClF2N3O4. The lowest BCUT2D eigenvalue weighted by Gasteiger charge is -2.27. The fourth-order valence-corrected chi connectivity index (χ4v) is 3.79. The van der Waals surface area contributed by atoms with Crippen molar-refractivity contribution in [2.75, 3.05) is 0 Å². The van der Waals surface area contributed by atoms with Crippen LogP contribution < -0.4 is 20.7 Å². The average Bonchev–Trinajstić information content (AvgIpc) is 2.82. The van der Waals surface area contributed by atoms with E-state index in [2.05, 4.69) is 16.0 Å². The van der Waals surface area contributed by atoms with Gasteiger partial charge in [-0.05, 0) is 87.4 Å². The zero-order valence-electron chi connectivity index (χ0n) is 22.0. The van der Waals surface area contributed by atoms with E-state index in [0.717, 1.165) is 12.1 Å². The SMILES string of the molecule is C[C@H](NC(=O)Cc1cc(F)cc(F)c1)C(=O)NC(C(=O)NC(C)(C)C)c1cccc(Oc2ccc(Cl)cc2)c1. The van der Waals surface area contributed by atoms with Gasteiger partial charge in [0.25, 0.3) is 0 Å². The van der Waals surface area contributed by atoms with Crippen molar-refractivity contribution in [2.45, 2.75) is 51.7 Å². The van der Waals surface area contributed by atoms with Gasteiger partial charge in [-0.1, -0.05) is 23.7 Å². The molecule has 3 rings (SSSR count). The maximum Gasteiger partial charge on any atom is 0.247 e. The number of hydrogen-bond acceptors (Lipinski definition) is 4. The summed E-state index contributed by atoms with van der Waals surface area (Å²) < 4.78 is 32.8. The second-order valence-corrected chi connectivity index (χ2v) is 10.5. The molecule has 0 bridgehead atoms. The van der Waals surface area contributed by atoms with Gasteiger partial charge in [-0.3, -0.25) is 14.4 Å². The fraction of sp³-hybridized carbons (Fsp3) is 0.276. The Hall–Kier alpha value is -3.98. The number of ether oxygens (including phenoxy) is 1. The number of nitrogens with one attached hydrogen (secondary N) is 3. The lowest BCUT2D eigenvalue weighted by molar-refractivity contribution is -0.132. The summed E-state index contributed by atoms with van der Waals surface area (Å²) in [7, 11) is 0. The van der Waals surface area contributed by atoms with Gasteiger partial charge in [0, 0.05) is 16.6 Å². The maximum atomic E-state index is 13.4. The van der Waals surface area contributed by atoms with Crippen LogP contribution in [-0.2, 0) is 20.8 Å². The third kappa shape index (κ3) is 9.37. The highest BCUT2D eigenvalue weighted by atomic mass is 35.5. The molecule has 39 heavy (non-hydrogen) atoms. The summed E-state index contributed by atoms with van der Waals surface area (Å²) in [5.74, 6) is -2.36. The molecule has 2 atom stereocenters.